The highest BCUT2D eigenvalue weighted by Gasteiger charge is 2.26. The van der Waals surface area contributed by atoms with E-state index in [0.29, 0.717) is 11.3 Å². The number of aromatic nitrogens is 2. The van der Waals surface area contributed by atoms with Crippen molar-refractivity contribution in [3.63, 3.8) is 0 Å². The maximum Gasteiger partial charge on any atom is 0.156 e. The number of halogens is 1. The van der Waals surface area contributed by atoms with Crippen molar-refractivity contribution < 1.29 is 0 Å². The van der Waals surface area contributed by atoms with E-state index in [1.54, 1.807) is 0 Å². The minimum atomic E-state index is 0.373. The minimum absolute atomic E-state index is 0.373. The zero-order valence-electron chi connectivity index (χ0n) is 10.4. The van der Waals surface area contributed by atoms with Gasteiger partial charge in [0.2, 0.25) is 0 Å². The van der Waals surface area contributed by atoms with Gasteiger partial charge < -0.3 is 5.32 Å². The van der Waals surface area contributed by atoms with E-state index in [1.807, 2.05) is 19.1 Å². The van der Waals surface area contributed by atoms with E-state index < -0.39 is 0 Å². The quantitative estimate of drug-likeness (QED) is 0.861. The molecule has 3 rings (SSSR count). The molecule has 1 saturated carbocycles. The predicted octanol–water partition coefficient (Wildman–Crippen LogP) is 3.37. The van der Waals surface area contributed by atoms with E-state index >= 15 is 0 Å². The molecule has 0 saturated heterocycles. The molecule has 1 aliphatic carbocycles. The summed E-state index contributed by atoms with van der Waals surface area (Å²) in [6.07, 6.45) is 2.21. The molecule has 1 aromatic carbocycles. The van der Waals surface area contributed by atoms with E-state index in [4.69, 9.17) is 11.6 Å². The Morgan fingerprint density at radius 1 is 1.22 bits per heavy atom. The molecule has 0 aliphatic heterocycles. The molecular formula is C14H16ClN3. The number of aryl methyl sites for hydroxylation is 1. The fourth-order valence-electron chi connectivity index (χ4n) is 2.43. The topological polar surface area (TPSA) is 37.8 Å². The first-order valence-corrected chi connectivity index (χ1v) is 6.77. The first kappa shape index (κ1) is 11.7. The molecular weight excluding hydrogens is 246 g/mol. The van der Waals surface area contributed by atoms with Crippen molar-refractivity contribution >= 4 is 28.2 Å². The molecule has 1 N–H and O–H groups in total. The van der Waals surface area contributed by atoms with Crippen LogP contribution in [0.1, 0.15) is 18.5 Å². The van der Waals surface area contributed by atoms with Crippen molar-refractivity contribution in [2.75, 3.05) is 11.9 Å². The van der Waals surface area contributed by atoms with Crippen LogP contribution in [0.2, 0.25) is 0 Å². The first-order valence-electron chi connectivity index (χ1n) is 6.34. The third-order valence-corrected chi connectivity index (χ3v) is 3.96. The highest BCUT2D eigenvalue weighted by molar-refractivity contribution is 6.21. The van der Waals surface area contributed by atoms with Crippen LogP contribution in [0.15, 0.2) is 24.3 Å². The Kier molecular flexibility index (Phi) is 3.08. The van der Waals surface area contributed by atoms with Gasteiger partial charge in [0.1, 0.15) is 0 Å². The molecule has 1 aliphatic rings. The summed E-state index contributed by atoms with van der Waals surface area (Å²) in [6, 6.07) is 8.24. The summed E-state index contributed by atoms with van der Waals surface area (Å²) in [7, 11) is 0. The van der Waals surface area contributed by atoms with Gasteiger partial charge in [0.25, 0.3) is 0 Å². The van der Waals surface area contributed by atoms with Crippen LogP contribution in [0.3, 0.4) is 0 Å². The van der Waals surface area contributed by atoms with E-state index in [2.05, 4.69) is 27.6 Å². The molecule has 0 amide bonds. The van der Waals surface area contributed by atoms with Gasteiger partial charge in [-0.05, 0) is 25.7 Å². The number of nitrogens with one attached hydrogen (secondary N) is 1. The van der Waals surface area contributed by atoms with Crippen molar-refractivity contribution in [3.05, 3.63) is 30.0 Å². The first-order chi connectivity index (χ1) is 8.74. The summed E-state index contributed by atoms with van der Waals surface area (Å²) in [5, 5.41) is 14.6. The fourth-order valence-corrected chi connectivity index (χ4v) is 2.93. The maximum atomic E-state index is 5.99. The van der Waals surface area contributed by atoms with Crippen molar-refractivity contribution in [3.8, 4) is 0 Å². The highest BCUT2D eigenvalue weighted by Crippen LogP contribution is 2.32. The van der Waals surface area contributed by atoms with E-state index in [1.165, 1.54) is 5.39 Å². The zero-order valence-corrected chi connectivity index (χ0v) is 11.1. The number of hydrogen-bond donors (Lipinski definition) is 1. The van der Waals surface area contributed by atoms with Crippen LogP contribution in [0.25, 0.3) is 10.8 Å². The smallest absolute Gasteiger partial charge is 0.156 e. The Hall–Kier alpha value is -1.35. The second-order valence-corrected chi connectivity index (χ2v) is 5.61. The Balaban J connectivity index is 1.81. The minimum Gasteiger partial charge on any atom is -0.368 e. The van der Waals surface area contributed by atoms with Gasteiger partial charge in [0.15, 0.2) is 5.82 Å². The van der Waals surface area contributed by atoms with Gasteiger partial charge in [-0.15, -0.1) is 16.7 Å². The molecule has 3 nitrogen and oxygen atoms in total. The molecule has 94 valence electrons. The lowest BCUT2D eigenvalue weighted by molar-refractivity contribution is 0.341. The lowest BCUT2D eigenvalue weighted by atomic mass is 9.85. The molecule has 4 heteroatoms. The highest BCUT2D eigenvalue weighted by atomic mass is 35.5. The Morgan fingerprint density at radius 2 is 1.94 bits per heavy atom. The Morgan fingerprint density at radius 3 is 2.67 bits per heavy atom. The van der Waals surface area contributed by atoms with Crippen LogP contribution in [0.5, 0.6) is 0 Å². The molecule has 1 fully saturated rings. The number of anilines is 1. The summed E-state index contributed by atoms with van der Waals surface area (Å²) < 4.78 is 0. The standard InChI is InChI=1S/C14H16ClN3/c1-9-12-4-2-3-5-13(12)14(18-17-9)16-8-10-6-11(15)7-10/h2-5,10-11H,6-8H2,1H3,(H,16,18). The molecule has 1 heterocycles. The number of hydrogen-bond acceptors (Lipinski definition) is 3. The van der Waals surface area contributed by atoms with Crippen LogP contribution in [-0.2, 0) is 0 Å². The molecule has 0 bridgehead atoms. The molecule has 2 aromatic rings. The van der Waals surface area contributed by atoms with Gasteiger partial charge in [-0.25, -0.2) is 0 Å². The second kappa shape index (κ2) is 4.73. The van der Waals surface area contributed by atoms with Crippen molar-refractivity contribution in [1.82, 2.24) is 10.2 Å². The van der Waals surface area contributed by atoms with Gasteiger partial charge in [-0.3, -0.25) is 0 Å². The van der Waals surface area contributed by atoms with Crippen LogP contribution < -0.4 is 5.32 Å². The SMILES string of the molecule is Cc1nnc(NCC2CC(Cl)C2)c2ccccc12. The number of benzene rings is 1. The van der Waals surface area contributed by atoms with Crippen molar-refractivity contribution in [1.29, 1.82) is 0 Å². The molecule has 0 unspecified atom stereocenters. The van der Waals surface area contributed by atoms with Crippen LogP contribution in [0, 0.1) is 12.8 Å². The van der Waals surface area contributed by atoms with Crippen molar-refractivity contribution in [2.24, 2.45) is 5.92 Å². The lowest BCUT2D eigenvalue weighted by Crippen LogP contribution is -2.30. The maximum absolute atomic E-state index is 5.99. The number of fused-ring (bicyclic) bond motifs is 1. The number of nitrogens with zero attached hydrogens (tertiary/aromatic N) is 2. The monoisotopic (exact) mass is 261 g/mol. The van der Waals surface area contributed by atoms with Gasteiger partial charge in [-0.2, -0.15) is 5.10 Å². The second-order valence-electron chi connectivity index (χ2n) is 5.00. The average Bonchev–Trinajstić information content (AvgIpc) is 2.36. The Bertz CT molecular complexity index is 564. The normalized spacial score (nSPS) is 22.8. The largest absolute Gasteiger partial charge is 0.368 e. The summed E-state index contributed by atoms with van der Waals surface area (Å²) in [4.78, 5) is 0. The molecule has 0 radical (unpaired) electrons. The van der Waals surface area contributed by atoms with E-state index in [0.717, 1.165) is 36.3 Å². The van der Waals surface area contributed by atoms with Gasteiger partial charge in [-0.1, -0.05) is 24.3 Å². The Labute approximate surface area is 112 Å². The van der Waals surface area contributed by atoms with Crippen molar-refractivity contribution in [2.45, 2.75) is 25.1 Å². The molecule has 18 heavy (non-hydrogen) atoms. The van der Waals surface area contributed by atoms with Gasteiger partial charge in [0.05, 0.1) is 5.69 Å². The summed E-state index contributed by atoms with van der Waals surface area (Å²) in [5.74, 6) is 1.56. The summed E-state index contributed by atoms with van der Waals surface area (Å²) in [6.45, 7) is 2.92. The van der Waals surface area contributed by atoms with Crippen LogP contribution >= 0.6 is 11.6 Å². The third kappa shape index (κ3) is 2.15. The number of rotatable bonds is 3. The van der Waals surface area contributed by atoms with Gasteiger partial charge >= 0.3 is 0 Å². The average molecular weight is 262 g/mol. The van der Waals surface area contributed by atoms with E-state index in [-0.39, 0.29) is 0 Å². The van der Waals surface area contributed by atoms with Crippen LogP contribution in [0.4, 0.5) is 5.82 Å². The fraction of sp³-hybridized carbons (Fsp3) is 0.429. The zero-order chi connectivity index (χ0) is 12.5. The third-order valence-electron chi connectivity index (χ3n) is 3.61. The lowest BCUT2D eigenvalue weighted by Gasteiger charge is -2.31. The molecule has 0 spiro atoms. The van der Waals surface area contributed by atoms with E-state index in [9.17, 15) is 0 Å². The molecule has 0 atom stereocenters. The predicted molar refractivity (Wildman–Crippen MR) is 75.1 cm³/mol. The number of alkyl halides is 1. The summed E-state index contributed by atoms with van der Waals surface area (Å²) >= 11 is 5.99. The van der Waals surface area contributed by atoms with Gasteiger partial charge in [0, 0.05) is 22.7 Å². The summed E-state index contributed by atoms with van der Waals surface area (Å²) in [5.41, 5.74) is 0.973. The molecule has 1 aromatic heterocycles. The van der Waals surface area contributed by atoms with Crippen LogP contribution in [-0.4, -0.2) is 22.1 Å².